The summed E-state index contributed by atoms with van der Waals surface area (Å²) >= 11 is 1.26. The minimum atomic E-state index is -0.238. The lowest BCUT2D eigenvalue weighted by Gasteiger charge is -2.24. The molecule has 0 bridgehead atoms. The fraction of sp³-hybridized carbons (Fsp3) is 0.263. The van der Waals surface area contributed by atoms with Crippen LogP contribution in [0.4, 0.5) is 22.6 Å². The molecule has 1 atom stereocenters. The van der Waals surface area contributed by atoms with Crippen molar-refractivity contribution in [2.45, 2.75) is 18.9 Å². The van der Waals surface area contributed by atoms with Gasteiger partial charge < -0.3 is 21.3 Å². The number of hydrogen-bond donors (Lipinski definition) is 4. The Hall–Kier alpha value is -2.75. The van der Waals surface area contributed by atoms with Gasteiger partial charge in [0.1, 0.15) is 22.3 Å². The zero-order chi connectivity index (χ0) is 19.2. The highest BCUT2D eigenvalue weighted by Crippen LogP contribution is 2.23. The molecular weight excluding hydrogens is 410 g/mol. The first kappa shape index (κ1) is 21.0. The number of thiazole rings is 1. The third kappa shape index (κ3) is 5.86. The van der Waals surface area contributed by atoms with Crippen LogP contribution in [0.15, 0.2) is 48.8 Å². The molecule has 4 rings (SSSR count). The van der Waals surface area contributed by atoms with Crippen molar-refractivity contribution in [3.8, 4) is 0 Å². The van der Waals surface area contributed by atoms with E-state index in [0.717, 1.165) is 31.7 Å². The Balaban J connectivity index is 0.00000240. The molecule has 10 heteroatoms. The van der Waals surface area contributed by atoms with E-state index in [4.69, 9.17) is 0 Å². The Labute approximate surface area is 179 Å². The van der Waals surface area contributed by atoms with Crippen LogP contribution >= 0.6 is 23.7 Å². The topological polar surface area (TPSA) is 104 Å². The molecule has 1 saturated heterocycles. The molecule has 0 spiro atoms. The number of nitrogens with zero attached hydrogens (tertiary/aromatic N) is 3. The van der Waals surface area contributed by atoms with E-state index in [0.29, 0.717) is 27.7 Å². The van der Waals surface area contributed by atoms with E-state index in [2.05, 4.69) is 36.2 Å². The molecule has 8 nitrogen and oxygen atoms in total. The highest BCUT2D eigenvalue weighted by Gasteiger charge is 2.14. The lowest BCUT2D eigenvalue weighted by molar-refractivity contribution is 0.103. The van der Waals surface area contributed by atoms with Crippen LogP contribution in [0.3, 0.4) is 0 Å². The summed E-state index contributed by atoms with van der Waals surface area (Å²) in [6.45, 7) is 2.02. The maximum atomic E-state index is 12.3. The number of pyridine rings is 2. The Bertz CT molecular complexity index is 931. The molecule has 0 aromatic carbocycles. The summed E-state index contributed by atoms with van der Waals surface area (Å²) in [6.07, 6.45) is 5.47. The SMILES string of the molecule is Cl.O=C(Nc1ccccn1)c1cnc(Nc2cccc(N[C@H]3CCCNC3)n2)s1. The lowest BCUT2D eigenvalue weighted by atomic mass is 10.1. The molecule has 0 aliphatic carbocycles. The molecule has 3 aromatic heterocycles. The fourth-order valence-corrected chi connectivity index (χ4v) is 3.65. The van der Waals surface area contributed by atoms with Gasteiger partial charge in [-0.2, -0.15) is 0 Å². The summed E-state index contributed by atoms with van der Waals surface area (Å²) in [5, 5.41) is 13.4. The van der Waals surface area contributed by atoms with Crippen LogP contribution in [0, 0.1) is 0 Å². The van der Waals surface area contributed by atoms with E-state index >= 15 is 0 Å². The molecule has 4 heterocycles. The van der Waals surface area contributed by atoms with Crippen LogP contribution in [0.25, 0.3) is 0 Å². The summed E-state index contributed by atoms with van der Waals surface area (Å²) < 4.78 is 0. The Morgan fingerprint density at radius 1 is 1.10 bits per heavy atom. The maximum Gasteiger partial charge on any atom is 0.268 e. The monoisotopic (exact) mass is 431 g/mol. The molecular formula is C19H22ClN7OS. The Kier molecular flexibility index (Phi) is 7.34. The fourth-order valence-electron chi connectivity index (χ4n) is 2.93. The molecule has 0 unspecified atom stereocenters. The minimum Gasteiger partial charge on any atom is -0.366 e. The van der Waals surface area contributed by atoms with Crippen LogP contribution < -0.4 is 21.3 Å². The zero-order valence-electron chi connectivity index (χ0n) is 15.6. The van der Waals surface area contributed by atoms with Crippen LogP contribution in [0.2, 0.25) is 0 Å². The van der Waals surface area contributed by atoms with Gasteiger partial charge in [0.15, 0.2) is 5.13 Å². The number of carbonyl (C=O) groups excluding carboxylic acids is 1. The van der Waals surface area contributed by atoms with Crippen molar-refractivity contribution in [1.29, 1.82) is 0 Å². The molecule has 1 aliphatic rings. The van der Waals surface area contributed by atoms with Gasteiger partial charge in [0.05, 0.1) is 6.20 Å². The summed E-state index contributed by atoms with van der Waals surface area (Å²) in [5.41, 5.74) is 0. The first-order chi connectivity index (χ1) is 13.8. The number of amides is 1. The van der Waals surface area contributed by atoms with Gasteiger partial charge in [0.25, 0.3) is 5.91 Å². The van der Waals surface area contributed by atoms with Gasteiger partial charge in [0, 0.05) is 18.8 Å². The van der Waals surface area contributed by atoms with Crippen molar-refractivity contribution in [1.82, 2.24) is 20.3 Å². The van der Waals surface area contributed by atoms with E-state index < -0.39 is 0 Å². The van der Waals surface area contributed by atoms with Gasteiger partial charge in [0.2, 0.25) is 0 Å². The van der Waals surface area contributed by atoms with Gasteiger partial charge in [-0.15, -0.1) is 12.4 Å². The first-order valence-corrected chi connectivity index (χ1v) is 9.97. The zero-order valence-corrected chi connectivity index (χ0v) is 17.2. The average molecular weight is 432 g/mol. The second-order valence-corrected chi connectivity index (χ2v) is 7.45. The molecule has 3 aromatic rings. The second kappa shape index (κ2) is 10.1. The molecule has 0 saturated carbocycles. The number of anilines is 4. The van der Waals surface area contributed by atoms with Crippen LogP contribution in [-0.4, -0.2) is 40.0 Å². The predicted octanol–water partition coefficient (Wildman–Crippen LogP) is 3.51. The van der Waals surface area contributed by atoms with Crippen LogP contribution in [0.5, 0.6) is 0 Å². The third-order valence-electron chi connectivity index (χ3n) is 4.27. The van der Waals surface area contributed by atoms with E-state index in [-0.39, 0.29) is 18.3 Å². The highest BCUT2D eigenvalue weighted by atomic mass is 35.5. The van der Waals surface area contributed by atoms with Crippen molar-refractivity contribution < 1.29 is 4.79 Å². The summed E-state index contributed by atoms with van der Waals surface area (Å²) in [7, 11) is 0. The second-order valence-electron chi connectivity index (χ2n) is 6.42. The Morgan fingerprint density at radius 3 is 2.76 bits per heavy atom. The lowest BCUT2D eigenvalue weighted by Crippen LogP contribution is -2.38. The van der Waals surface area contributed by atoms with E-state index in [1.807, 2.05) is 24.3 Å². The van der Waals surface area contributed by atoms with Gasteiger partial charge in [-0.3, -0.25) is 4.79 Å². The third-order valence-corrected chi connectivity index (χ3v) is 5.18. The smallest absolute Gasteiger partial charge is 0.268 e. The summed E-state index contributed by atoms with van der Waals surface area (Å²) in [4.78, 5) is 25.8. The van der Waals surface area contributed by atoms with Crippen molar-refractivity contribution in [2.24, 2.45) is 0 Å². The summed E-state index contributed by atoms with van der Waals surface area (Å²) in [6, 6.07) is 11.5. The van der Waals surface area contributed by atoms with Crippen LogP contribution in [0.1, 0.15) is 22.5 Å². The largest absolute Gasteiger partial charge is 0.366 e. The first-order valence-electron chi connectivity index (χ1n) is 9.16. The number of piperidine rings is 1. The van der Waals surface area contributed by atoms with Crippen molar-refractivity contribution in [2.75, 3.05) is 29.0 Å². The molecule has 29 heavy (non-hydrogen) atoms. The average Bonchev–Trinajstić information content (AvgIpc) is 3.18. The standard InChI is InChI=1S/C19H21N7OS.ClH/c27-18(25-15-6-1-2-10-21-15)14-12-22-19(28-14)26-17-8-3-7-16(24-17)23-13-5-4-9-20-11-13;/h1-3,6-8,10,12-13,20H,4-5,9,11H2,(H,21,25,27)(H2,22,23,24,26);1H/t13-;/m0./s1. The number of hydrogen-bond acceptors (Lipinski definition) is 8. The summed E-state index contributed by atoms with van der Waals surface area (Å²) in [5.74, 6) is 1.77. The van der Waals surface area contributed by atoms with E-state index in [1.54, 1.807) is 24.5 Å². The normalized spacial score (nSPS) is 15.8. The number of halogens is 1. The quantitative estimate of drug-likeness (QED) is 0.473. The number of aromatic nitrogens is 3. The van der Waals surface area contributed by atoms with Crippen molar-refractivity contribution in [3.05, 3.63) is 53.7 Å². The minimum absolute atomic E-state index is 0. The van der Waals surface area contributed by atoms with Crippen molar-refractivity contribution >= 4 is 52.2 Å². The Morgan fingerprint density at radius 2 is 1.97 bits per heavy atom. The van der Waals surface area contributed by atoms with Gasteiger partial charge >= 0.3 is 0 Å². The number of rotatable bonds is 6. The molecule has 4 N–H and O–H groups in total. The highest BCUT2D eigenvalue weighted by molar-refractivity contribution is 7.17. The van der Waals surface area contributed by atoms with E-state index in [1.165, 1.54) is 11.3 Å². The van der Waals surface area contributed by atoms with Gasteiger partial charge in [-0.05, 0) is 43.7 Å². The van der Waals surface area contributed by atoms with Gasteiger partial charge in [-0.1, -0.05) is 23.5 Å². The molecule has 152 valence electrons. The van der Waals surface area contributed by atoms with Crippen molar-refractivity contribution in [3.63, 3.8) is 0 Å². The molecule has 1 amide bonds. The molecule has 1 aliphatic heterocycles. The van der Waals surface area contributed by atoms with Crippen LogP contribution in [-0.2, 0) is 0 Å². The van der Waals surface area contributed by atoms with Gasteiger partial charge in [-0.25, -0.2) is 15.0 Å². The molecule has 0 radical (unpaired) electrons. The maximum absolute atomic E-state index is 12.3. The predicted molar refractivity (Wildman–Crippen MR) is 119 cm³/mol. The van der Waals surface area contributed by atoms with E-state index in [9.17, 15) is 4.79 Å². The number of nitrogens with one attached hydrogen (secondary N) is 4. The number of carbonyl (C=O) groups is 1. The molecule has 1 fully saturated rings.